The highest BCUT2D eigenvalue weighted by Gasteiger charge is 2.70. The number of aromatic nitrogens is 1. The third-order valence-corrected chi connectivity index (χ3v) is 6.74. The van der Waals surface area contributed by atoms with Crippen LogP contribution in [0, 0.1) is 17.3 Å². The van der Waals surface area contributed by atoms with Crippen molar-refractivity contribution < 1.29 is 14.7 Å². The maximum atomic E-state index is 12.8. The van der Waals surface area contributed by atoms with Crippen molar-refractivity contribution in [3.63, 3.8) is 0 Å². The van der Waals surface area contributed by atoms with Crippen LogP contribution in [0.4, 0.5) is 0 Å². The molecule has 1 amide bonds. The topological polar surface area (TPSA) is 70.5 Å². The summed E-state index contributed by atoms with van der Waals surface area (Å²) >= 11 is 1.41. The highest BCUT2D eigenvalue weighted by atomic mass is 32.1. The number of carboxylic acid groups (broad SMARTS) is 1. The van der Waals surface area contributed by atoms with Crippen LogP contribution in [0.1, 0.15) is 54.0 Å². The molecular formula is C16H20N2O3S. The number of thiazole rings is 1. The molecule has 2 saturated carbocycles. The molecule has 3 aliphatic rings. The Morgan fingerprint density at radius 1 is 1.45 bits per heavy atom. The summed E-state index contributed by atoms with van der Waals surface area (Å²) in [6, 6.07) is 0. The molecule has 118 valence electrons. The number of fused-ring (bicyclic) bond motifs is 1. The van der Waals surface area contributed by atoms with E-state index in [4.69, 9.17) is 5.11 Å². The average molecular weight is 320 g/mol. The van der Waals surface area contributed by atoms with Gasteiger partial charge in [0.15, 0.2) is 5.69 Å². The minimum Gasteiger partial charge on any atom is -0.476 e. The summed E-state index contributed by atoms with van der Waals surface area (Å²) in [4.78, 5) is 30.0. The van der Waals surface area contributed by atoms with Gasteiger partial charge in [-0.1, -0.05) is 6.92 Å². The summed E-state index contributed by atoms with van der Waals surface area (Å²) in [6.07, 6.45) is 4.10. The van der Waals surface area contributed by atoms with Crippen molar-refractivity contribution in [1.29, 1.82) is 0 Å². The van der Waals surface area contributed by atoms with Gasteiger partial charge in [0, 0.05) is 24.4 Å². The van der Waals surface area contributed by atoms with Crippen LogP contribution in [0.15, 0.2) is 5.38 Å². The molecule has 6 heteroatoms. The predicted octanol–water partition coefficient (Wildman–Crippen LogP) is 2.59. The van der Waals surface area contributed by atoms with Gasteiger partial charge in [-0.05, 0) is 37.5 Å². The first-order valence-electron chi connectivity index (χ1n) is 7.99. The molecule has 0 aromatic carbocycles. The first kappa shape index (κ1) is 14.2. The molecule has 3 fully saturated rings. The number of rotatable bonds is 3. The van der Waals surface area contributed by atoms with Gasteiger partial charge in [-0.15, -0.1) is 11.3 Å². The maximum absolute atomic E-state index is 12.8. The molecule has 1 aliphatic heterocycles. The van der Waals surface area contributed by atoms with Crippen molar-refractivity contribution in [2.24, 2.45) is 17.3 Å². The first-order valence-corrected chi connectivity index (χ1v) is 8.87. The molecule has 1 saturated heterocycles. The maximum Gasteiger partial charge on any atom is 0.355 e. The van der Waals surface area contributed by atoms with E-state index in [9.17, 15) is 9.59 Å². The Morgan fingerprint density at radius 2 is 2.27 bits per heavy atom. The number of carbonyl (C=O) groups is 2. The summed E-state index contributed by atoms with van der Waals surface area (Å²) in [5.74, 6) is 0.895. The van der Waals surface area contributed by atoms with Gasteiger partial charge < -0.3 is 10.0 Å². The molecule has 4 rings (SSSR count). The molecule has 2 heterocycles. The van der Waals surface area contributed by atoms with E-state index in [2.05, 4.69) is 11.9 Å². The van der Waals surface area contributed by atoms with Crippen molar-refractivity contribution >= 4 is 23.2 Å². The summed E-state index contributed by atoms with van der Waals surface area (Å²) < 4.78 is 0. The van der Waals surface area contributed by atoms with Gasteiger partial charge in [0.05, 0.1) is 10.4 Å². The van der Waals surface area contributed by atoms with Crippen molar-refractivity contribution in [3.8, 4) is 0 Å². The highest BCUT2D eigenvalue weighted by molar-refractivity contribution is 7.09. The van der Waals surface area contributed by atoms with Crippen LogP contribution in [0.25, 0.3) is 0 Å². The van der Waals surface area contributed by atoms with E-state index in [-0.39, 0.29) is 17.0 Å². The zero-order valence-electron chi connectivity index (χ0n) is 12.6. The molecule has 1 aromatic rings. The van der Waals surface area contributed by atoms with Crippen molar-refractivity contribution in [3.05, 3.63) is 16.1 Å². The Labute approximate surface area is 133 Å². The number of nitrogens with zero attached hydrogens (tertiary/aromatic N) is 2. The summed E-state index contributed by atoms with van der Waals surface area (Å²) in [5, 5.41) is 11.5. The van der Waals surface area contributed by atoms with Gasteiger partial charge >= 0.3 is 5.97 Å². The zero-order chi connectivity index (χ0) is 15.5. The number of aromatic carboxylic acids is 1. The lowest BCUT2D eigenvalue weighted by atomic mass is 9.75. The van der Waals surface area contributed by atoms with Crippen LogP contribution >= 0.6 is 11.3 Å². The second kappa shape index (κ2) is 4.78. The van der Waals surface area contributed by atoms with Crippen LogP contribution < -0.4 is 0 Å². The van der Waals surface area contributed by atoms with E-state index in [1.165, 1.54) is 11.3 Å². The number of carbonyl (C=O) groups excluding carboxylic acids is 1. The van der Waals surface area contributed by atoms with Gasteiger partial charge in [0.1, 0.15) is 0 Å². The Balaban J connectivity index is 1.46. The Hall–Kier alpha value is -1.43. The fourth-order valence-corrected chi connectivity index (χ4v) is 5.38. The van der Waals surface area contributed by atoms with E-state index in [1.54, 1.807) is 5.38 Å². The summed E-state index contributed by atoms with van der Waals surface area (Å²) in [7, 11) is 0. The minimum absolute atomic E-state index is 0.0175. The fraction of sp³-hybridized carbons (Fsp3) is 0.688. The molecule has 22 heavy (non-hydrogen) atoms. The number of hydrogen-bond acceptors (Lipinski definition) is 4. The minimum atomic E-state index is -0.977. The van der Waals surface area contributed by atoms with Crippen LogP contribution in [0.5, 0.6) is 0 Å². The van der Waals surface area contributed by atoms with Crippen molar-refractivity contribution in [1.82, 2.24) is 9.88 Å². The zero-order valence-corrected chi connectivity index (χ0v) is 13.4. The molecule has 4 atom stereocenters. The van der Waals surface area contributed by atoms with Crippen LogP contribution in [0.3, 0.4) is 0 Å². The van der Waals surface area contributed by atoms with Crippen molar-refractivity contribution in [2.45, 2.75) is 38.5 Å². The van der Waals surface area contributed by atoms with E-state index in [1.807, 2.05) is 4.90 Å². The second-order valence-corrected chi connectivity index (χ2v) is 8.00. The second-order valence-electron chi connectivity index (χ2n) is 7.11. The number of piperidine rings is 1. The third kappa shape index (κ3) is 2.00. The molecule has 5 nitrogen and oxygen atoms in total. The van der Waals surface area contributed by atoms with Gasteiger partial charge in [0.2, 0.25) is 5.91 Å². The molecule has 0 bridgehead atoms. The molecular weight excluding hydrogens is 300 g/mol. The smallest absolute Gasteiger partial charge is 0.355 e. The third-order valence-electron chi connectivity index (χ3n) is 5.73. The Kier molecular flexibility index (Phi) is 3.08. The molecule has 0 spiro atoms. The highest BCUT2D eigenvalue weighted by Crippen LogP contribution is 2.71. The number of amides is 1. The molecule has 1 N–H and O–H groups in total. The van der Waals surface area contributed by atoms with Crippen LogP contribution in [-0.4, -0.2) is 40.0 Å². The standard InChI is InChI=1S/C16H20N2O3S/c1-9-5-16(6-11(9)16)15(21)18-4-2-3-10(7-18)13-17-12(8-22-13)14(19)20/h8-11H,2-7H2,1H3,(H,19,20)/t9-,10?,11+,16-/m1/s1. The van der Waals surface area contributed by atoms with Crippen molar-refractivity contribution in [2.75, 3.05) is 13.1 Å². The molecule has 1 aromatic heterocycles. The molecule has 2 aliphatic carbocycles. The Morgan fingerprint density at radius 3 is 2.86 bits per heavy atom. The Bertz CT molecular complexity index is 643. The lowest BCUT2D eigenvalue weighted by Gasteiger charge is -2.39. The monoisotopic (exact) mass is 320 g/mol. The van der Waals surface area contributed by atoms with E-state index in [0.29, 0.717) is 24.3 Å². The van der Waals surface area contributed by atoms with Crippen LogP contribution in [-0.2, 0) is 4.79 Å². The predicted molar refractivity (Wildman–Crippen MR) is 81.9 cm³/mol. The average Bonchev–Trinajstić information content (AvgIpc) is 2.90. The quantitative estimate of drug-likeness (QED) is 0.929. The van der Waals surface area contributed by atoms with E-state index >= 15 is 0 Å². The van der Waals surface area contributed by atoms with E-state index in [0.717, 1.165) is 37.2 Å². The van der Waals surface area contributed by atoms with Gasteiger partial charge in [-0.3, -0.25) is 4.79 Å². The summed E-state index contributed by atoms with van der Waals surface area (Å²) in [6.45, 7) is 3.79. The molecule has 0 radical (unpaired) electrons. The lowest BCUT2D eigenvalue weighted by molar-refractivity contribution is -0.142. The number of carboxylic acids is 1. The lowest BCUT2D eigenvalue weighted by Crippen LogP contribution is -2.47. The van der Waals surface area contributed by atoms with Gasteiger partial charge in [0.25, 0.3) is 0 Å². The summed E-state index contributed by atoms with van der Waals surface area (Å²) in [5.41, 5.74) is 0.105. The molecule has 1 unspecified atom stereocenters. The SMILES string of the molecule is C[C@@H]1C[C@@]2(C(=O)N3CCCC(c4nc(C(=O)O)cs4)C3)C[C@@H]12. The van der Waals surface area contributed by atoms with E-state index < -0.39 is 5.97 Å². The fourth-order valence-electron chi connectivity index (χ4n) is 4.45. The van der Waals surface area contributed by atoms with Gasteiger partial charge in [-0.25, -0.2) is 9.78 Å². The van der Waals surface area contributed by atoms with Crippen LogP contribution in [0.2, 0.25) is 0 Å². The number of likely N-dealkylation sites (tertiary alicyclic amines) is 1. The first-order chi connectivity index (χ1) is 10.5. The number of hydrogen-bond donors (Lipinski definition) is 1. The normalized spacial score (nSPS) is 36.4. The van der Waals surface area contributed by atoms with Gasteiger partial charge in [-0.2, -0.15) is 0 Å². The largest absolute Gasteiger partial charge is 0.476 e.